The van der Waals surface area contributed by atoms with E-state index in [-0.39, 0.29) is 30.9 Å². The second-order valence-corrected chi connectivity index (χ2v) is 4.18. The molecule has 0 aliphatic rings. The number of benzene rings is 1. The molecule has 0 aliphatic heterocycles. The molecule has 5 heteroatoms. The average molecular weight is 249 g/mol. The zero-order chi connectivity index (χ0) is 13.5. The number of hydrogen-bond acceptors (Lipinski definition) is 3. The Kier molecular flexibility index (Phi) is 5.32. The molecule has 1 rings (SSSR count). The Morgan fingerprint density at radius 3 is 2.67 bits per heavy atom. The zero-order valence-corrected chi connectivity index (χ0v) is 10.7. The van der Waals surface area contributed by atoms with Gasteiger partial charge in [0, 0.05) is 0 Å². The molecule has 1 aromatic rings. The summed E-state index contributed by atoms with van der Waals surface area (Å²) in [6, 6.07) is 7.83. The fourth-order valence-electron chi connectivity index (χ4n) is 1.57. The van der Waals surface area contributed by atoms with Crippen LogP contribution < -0.4 is 16.4 Å². The van der Waals surface area contributed by atoms with Crippen molar-refractivity contribution in [2.45, 2.75) is 19.9 Å². The lowest BCUT2D eigenvalue weighted by Crippen LogP contribution is -2.40. The predicted octanol–water partition coefficient (Wildman–Crippen LogP) is 0.247. The van der Waals surface area contributed by atoms with E-state index in [1.807, 2.05) is 38.1 Å². The molecule has 1 atom stereocenters. The van der Waals surface area contributed by atoms with Crippen LogP contribution in [0.5, 0.6) is 0 Å². The van der Waals surface area contributed by atoms with Gasteiger partial charge in [0.05, 0.1) is 19.1 Å². The molecule has 5 nitrogen and oxygen atoms in total. The van der Waals surface area contributed by atoms with Gasteiger partial charge in [0.2, 0.25) is 11.8 Å². The molecule has 0 saturated heterocycles. The van der Waals surface area contributed by atoms with E-state index < -0.39 is 0 Å². The second-order valence-electron chi connectivity index (χ2n) is 4.18. The molecular weight excluding hydrogens is 230 g/mol. The minimum absolute atomic E-state index is 0.0494. The molecule has 0 bridgehead atoms. The molecule has 0 heterocycles. The summed E-state index contributed by atoms with van der Waals surface area (Å²) in [5.41, 5.74) is 7.30. The number of nitrogens with two attached hydrogens (primary N) is 1. The number of carbonyl (C=O) groups is 2. The second kappa shape index (κ2) is 6.76. The van der Waals surface area contributed by atoms with Crippen LogP contribution in [0.4, 0.5) is 0 Å². The Morgan fingerprint density at radius 1 is 1.33 bits per heavy atom. The van der Waals surface area contributed by atoms with Gasteiger partial charge in [0.25, 0.3) is 0 Å². The molecule has 1 aromatic carbocycles. The molecule has 0 unspecified atom stereocenters. The summed E-state index contributed by atoms with van der Waals surface area (Å²) in [5.74, 6) is -0.570. The van der Waals surface area contributed by atoms with Crippen molar-refractivity contribution in [3.05, 3.63) is 35.4 Å². The van der Waals surface area contributed by atoms with E-state index in [1.165, 1.54) is 0 Å². The van der Waals surface area contributed by atoms with E-state index in [9.17, 15) is 9.59 Å². The van der Waals surface area contributed by atoms with E-state index in [4.69, 9.17) is 5.73 Å². The monoisotopic (exact) mass is 249 g/mol. The maximum absolute atomic E-state index is 11.6. The van der Waals surface area contributed by atoms with Crippen LogP contribution in [0.2, 0.25) is 0 Å². The predicted molar refractivity (Wildman–Crippen MR) is 69.8 cm³/mol. The maximum atomic E-state index is 11.6. The van der Waals surface area contributed by atoms with Crippen LogP contribution in [0, 0.1) is 6.92 Å². The quantitative estimate of drug-likeness (QED) is 0.699. The first kappa shape index (κ1) is 14.2. The van der Waals surface area contributed by atoms with Crippen LogP contribution in [0.3, 0.4) is 0 Å². The normalized spacial score (nSPS) is 11.7. The van der Waals surface area contributed by atoms with Gasteiger partial charge in [-0.1, -0.05) is 29.8 Å². The SMILES string of the molecule is Cc1cccc([C@@H](C)NC(=O)CNC(=O)CN)c1. The Balaban J connectivity index is 2.47. The van der Waals surface area contributed by atoms with Crippen LogP contribution in [-0.4, -0.2) is 24.9 Å². The van der Waals surface area contributed by atoms with Crippen molar-refractivity contribution in [3.63, 3.8) is 0 Å². The molecule has 18 heavy (non-hydrogen) atoms. The summed E-state index contributed by atoms with van der Waals surface area (Å²) < 4.78 is 0. The third-order valence-corrected chi connectivity index (χ3v) is 2.55. The first-order valence-electron chi connectivity index (χ1n) is 5.85. The van der Waals surface area contributed by atoms with E-state index >= 15 is 0 Å². The molecule has 2 amide bonds. The maximum Gasteiger partial charge on any atom is 0.239 e. The number of amides is 2. The summed E-state index contributed by atoms with van der Waals surface area (Å²) in [5, 5.41) is 5.23. The molecule has 0 saturated carbocycles. The summed E-state index contributed by atoms with van der Waals surface area (Å²) in [4.78, 5) is 22.5. The zero-order valence-electron chi connectivity index (χ0n) is 10.7. The highest BCUT2D eigenvalue weighted by molar-refractivity contribution is 5.85. The van der Waals surface area contributed by atoms with E-state index in [0.29, 0.717) is 0 Å². The van der Waals surface area contributed by atoms with Gasteiger partial charge in [-0.25, -0.2) is 0 Å². The molecule has 0 fully saturated rings. The number of aryl methyl sites for hydroxylation is 1. The van der Waals surface area contributed by atoms with Crippen LogP contribution >= 0.6 is 0 Å². The van der Waals surface area contributed by atoms with Crippen molar-refractivity contribution in [1.29, 1.82) is 0 Å². The number of carbonyl (C=O) groups excluding carboxylic acids is 2. The van der Waals surface area contributed by atoms with Crippen LogP contribution in [-0.2, 0) is 9.59 Å². The smallest absolute Gasteiger partial charge is 0.239 e. The standard InChI is InChI=1S/C13H19N3O2/c1-9-4-3-5-11(6-9)10(2)16-13(18)8-15-12(17)7-14/h3-6,10H,7-8,14H2,1-2H3,(H,15,17)(H,16,18)/t10-/m1/s1. The van der Waals surface area contributed by atoms with E-state index in [2.05, 4.69) is 10.6 Å². The lowest BCUT2D eigenvalue weighted by atomic mass is 10.1. The van der Waals surface area contributed by atoms with E-state index in [1.54, 1.807) is 0 Å². The lowest BCUT2D eigenvalue weighted by Gasteiger charge is -2.15. The Hall–Kier alpha value is -1.88. The highest BCUT2D eigenvalue weighted by Crippen LogP contribution is 2.13. The summed E-state index contributed by atoms with van der Waals surface area (Å²) >= 11 is 0. The molecule has 0 aliphatic carbocycles. The largest absolute Gasteiger partial charge is 0.348 e. The fourth-order valence-corrected chi connectivity index (χ4v) is 1.57. The third kappa shape index (κ3) is 4.55. The Bertz CT molecular complexity index is 432. The van der Waals surface area contributed by atoms with Crippen LogP contribution in [0.1, 0.15) is 24.1 Å². The minimum Gasteiger partial charge on any atom is -0.348 e. The van der Waals surface area contributed by atoms with Gasteiger partial charge in [0.15, 0.2) is 0 Å². The van der Waals surface area contributed by atoms with Crippen molar-refractivity contribution >= 4 is 11.8 Å². The van der Waals surface area contributed by atoms with Gasteiger partial charge in [-0.3, -0.25) is 9.59 Å². The highest BCUT2D eigenvalue weighted by atomic mass is 16.2. The molecule has 98 valence electrons. The Morgan fingerprint density at radius 2 is 2.06 bits per heavy atom. The fraction of sp³-hybridized carbons (Fsp3) is 0.385. The third-order valence-electron chi connectivity index (χ3n) is 2.55. The number of rotatable bonds is 5. The van der Waals surface area contributed by atoms with Crippen molar-refractivity contribution < 1.29 is 9.59 Å². The molecule has 0 radical (unpaired) electrons. The van der Waals surface area contributed by atoms with Crippen molar-refractivity contribution in [2.24, 2.45) is 5.73 Å². The first-order valence-corrected chi connectivity index (χ1v) is 5.85. The summed E-state index contributed by atoms with van der Waals surface area (Å²) in [7, 11) is 0. The minimum atomic E-state index is -0.339. The van der Waals surface area contributed by atoms with Crippen LogP contribution in [0.15, 0.2) is 24.3 Å². The molecule has 0 spiro atoms. The van der Waals surface area contributed by atoms with Gasteiger partial charge < -0.3 is 16.4 Å². The summed E-state index contributed by atoms with van der Waals surface area (Å²) in [6.45, 7) is 3.74. The topological polar surface area (TPSA) is 84.2 Å². The number of hydrogen-bond donors (Lipinski definition) is 3. The van der Waals surface area contributed by atoms with Crippen molar-refractivity contribution in [1.82, 2.24) is 10.6 Å². The lowest BCUT2D eigenvalue weighted by molar-refractivity contribution is -0.125. The van der Waals surface area contributed by atoms with E-state index in [0.717, 1.165) is 11.1 Å². The van der Waals surface area contributed by atoms with Crippen molar-refractivity contribution in [3.8, 4) is 0 Å². The highest BCUT2D eigenvalue weighted by Gasteiger charge is 2.10. The average Bonchev–Trinajstić information content (AvgIpc) is 2.35. The van der Waals surface area contributed by atoms with Gasteiger partial charge in [-0.2, -0.15) is 0 Å². The molecular formula is C13H19N3O2. The van der Waals surface area contributed by atoms with Gasteiger partial charge >= 0.3 is 0 Å². The molecule has 4 N–H and O–H groups in total. The van der Waals surface area contributed by atoms with Gasteiger partial charge in [0.1, 0.15) is 0 Å². The van der Waals surface area contributed by atoms with Crippen molar-refractivity contribution in [2.75, 3.05) is 13.1 Å². The Labute approximate surface area is 107 Å². The van der Waals surface area contributed by atoms with Crippen LogP contribution in [0.25, 0.3) is 0 Å². The number of nitrogens with one attached hydrogen (secondary N) is 2. The summed E-state index contributed by atoms with van der Waals surface area (Å²) in [6.07, 6.45) is 0. The first-order chi connectivity index (χ1) is 8.52. The molecule has 0 aromatic heterocycles. The van der Waals surface area contributed by atoms with Gasteiger partial charge in [-0.15, -0.1) is 0 Å². The van der Waals surface area contributed by atoms with Gasteiger partial charge in [-0.05, 0) is 19.4 Å².